The van der Waals surface area contributed by atoms with E-state index >= 15 is 0 Å². The van der Waals surface area contributed by atoms with Gasteiger partial charge in [0.05, 0.1) is 0 Å². The average molecular weight is 224 g/mol. The highest BCUT2D eigenvalue weighted by Crippen LogP contribution is 2.11. The molecule has 2 amide bonds. The molecule has 0 atom stereocenters. The molecule has 4 nitrogen and oxygen atoms in total. The van der Waals surface area contributed by atoms with Crippen molar-refractivity contribution in [3.63, 3.8) is 0 Å². The SMILES string of the molecule is CNC(=O)c1ccc(NC(=O)SC)cc1. The third-order valence-corrected chi connectivity index (χ3v) is 2.28. The maximum Gasteiger partial charge on any atom is 0.283 e. The molecule has 0 radical (unpaired) electrons. The second-order valence-corrected chi connectivity index (χ2v) is 3.55. The van der Waals surface area contributed by atoms with E-state index in [9.17, 15) is 9.59 Å². The zero-order valence-electron chi connectivity index (χ0n) is 8.53. The summed E-state index contributed by atoms with van der Waals surface area (Å²) < 4.78 is 0. The number of nitrogens with one attached hydrogen (secondary N) is 2. The number of benzene rings is 1. The zero-order valence-corrected chi connectivity index (χ0v) is 9.35. The number of anilines is 1. The molecule has 0 saturated heterocycles. The summed E-state index contributed by atoms with van der Waals surface area (Å²) in [5.41, 5.74) is 1.25. The molecule has 0 heterocycles. The molecular formula is C10H12N2O2S. The Morgan fingerprint density at radius 3 is 2.27 bits per heavy atom. The number of thioether (sulfide) groups is 1. The predicted molar refractivity (Wildman–Crippen MR) is 62.4 cm³/mol. The fourth-order valence-corrected chi connectivity index (χ4v) is 1.24. The van der Waals surface area contributed by atoms with Gasteiger partial charge >= 0.3 is 0 Å². The number of amides is 2. The second-order valence-electron chi connectivity index (χ2n) is 2.77. The van der Waals surface area contributed by atoms with Crippen LogP contribution in [0.1, 0.15) is 10.4 Å². The number of carbonyl (C=O) groups excluding carboxylic acids is 2. The molecule has 5 heteroatoms. The first-order valence-corrected chi connectivity index (χ1v) is 5.57. The number of carbonyl (C=O) groups is 2. The topological polar surface area (TPSA) is 58.2 Å². The van der Waals surface area contributed by atoms with Crippen LogP contribution in [0.25, 0.3) is 0 Å². The Labute approximate surface area is 92.4 Å². The lowest BCUT2D eigenvalue weighted by Gasteiger charge is -2.04. The average Bonchev–Trinajstić information content (AvgIpc) is 2.29. The van der Waals surface area contributed by atoms with Gasteiger partial charge in [0.15, 0.2) is 0 Å². The highest BCUT2D eigenvalue weighted by Gasteiger charge is 2.03. The van der Waals surface area contributed by atoms with Crippen LogP contribution in [-0.4, -0.2) is 24.4 Å². The van der Waals surface area contributed by atoms with Gasteiger partial charge in [-0.15, -0.1) is 0 Å². The minimum Gasteiger partial charge on any atom is -0.355 e. The van der Waals surface area contributed by atoms with Gasteiger partial charge in [0, 0.05) is 18.3 Å². The molecule has 0 bridgehead atoms. The Hall–Kier alpha value is -1.49. The van der Waals surface area contributed by atoms with Crippen molar-refractivity contribution < 1.29 is 9.59 Å². The van der Waals surface area contributed by atoms with Gasteiger partial charge in [0.1, 0.15) is 0 Å². The van der Waals surface area contributed by atoms with Crippen LogP contribution in [0.2, 0.25) is 0 Å². The third kappa shape index (κ3) is 3.28. The van der Waals surface area contributed by atoms with Crippen molar-refractivity contribution in [1.82, 2.24) is 5.32 Å². The lowest BCUT2D eigenvalue weighted by Crippen LogP contribution is -2.17. The standard InChI is InChI=1S/C10H12N2O2S/c1-11-9(13)7-3-5-8(6-4-7)12-10(14)15-2/h3-6H,1-2H3,(H,11,13)(H,12,14). The van der Waals surface area contributed by atoms with Crippen molar-refractivity contribution in [3.05, 3.63) is 29.8 Å². The molecule has 15 heavy (non-hydrogen) atoms. The minimum atomic E-state index is -0.141. The van der Waals surface area contributed by atoms with Crippen molar-refractivity contribution in [1.29, 1.82) is 0 Å². The van der Waals surface area contributed by atoms with E-state index in [1.165, 1.54) is 0 Å². The van der Waals surface area contributed by atoms with Gasteiger partial charge in [-0.3, -0.25) is 9.59 Å². The molecule has 0 fully saturated rings. The molecule has 0 unspecified atom stereocenters. The number of hydrogen-bond donors (Lipinski definition) is 2. The van der Waals surface area contributed by atoms with E-state index in [4.69, 9.17) is 0 Å². The van der Waals surface area contributed by atoms with Crippen LogP contribution >= 0.6 is 11.8 Å². The van der Waals surface area contributed by atoms with Crippen LogP contribution in [-0.2, 0) is 0 Å². The van der Waals surface area contributed by atoms with E-state index in [-0.39, 0.29) is 11.1 Å². The van der Waals surface area contributed by atoms with Gasteiger partial charge in [0.2, 0.25) is 0 Å². The summed E-state index contributed by atoms with van der Waals surface area (Å²) in [4.78, 5) is 22.2. The normalized spacial score (nSPS) is 9.47. The monoisotopic (exact) mass is 224 g/mol. The second kappa shape index (κ2) is 5.41. The molecule has 0 aromatic heterocycles. The lowest BCUT2D eigenvalue weighted by molar-refractivity contribution is 0.0963. The lowest BCUT2D eigenvalue weighted by atomic mass is 10.2. The Bertz CT molecular complexity index is 362. The largest absolute Gasteiger partial charge is 0.355 e. The number of rotatable bonds is 2. The summed E-state index contributed by atoms with van der Waals surface area (Å²) in [6, 6.07) is 6.71. The first-order chi connectivity index (χ1) is 7.17. The van der Waals surface area contributed by atoms with Crippen molar-refractivity contribution in [2.45, 2.75) is 0 Å². The van der Waals surface area contributed by atoms with E-state index in [1.807, 2.05) is 0 Å². The van der Waals surface area contributed by atoms with Gasteiger partial charge in [0.25, 0.3) is 11.1 Å². The minimum absolute atomic E-state index is 0.123. The molecule has 0 aliphatic heterocycles. The smallest absolute Gasteiger partial charge is 0.283 e. The Morgan fingerprint density at radius 1 is 1.20 bits per heavy atom. The summed E-state index contributed by atoms with van der Waals surface area (Å²) in [5.74, 6) is -0.141. The Kier molecular flexibility index (Phi) is 4.17. The first kappa shape index (κ1) is 11.6. The Morgan fingerprint density at radius 2 is 1.80 bits per heavy atom. The maximum atomic E-state index is 11.2. The zero-order chi connectivity index (χ0) is 11.3. The molecule has 1 rings (SSSR count). The highest BCUT2D eigenvalue weighted by molar-refractivity contribution is 8.13. The molecule has 1 aromatic carbocycles. The molecule has 1 aromatic rings. The van der Waals surface area contributed by atoms with Gasteiger partial charge in [-0.05, 0) is 30.5 Å². The maximum absolute atomic E-state index is 11.2. The van der Waals surface area contributed by atoms with E-state index in [1.54, 1.807) is 37.6 Å². The molecule has 0 aliphatic carbocycles. The van der Waals surface area contributed by atoms with E-state index in [0.29, 0.717) is 11.3 Å². The van der Waals surface area contributed by atoms with Gasteiger partial charge in [-0.25, -0.2) is 0 Å². The van der Waals surface area contributed by atoms with Crippen LogP contribution in [0.5, 0.6) is 0 Å². The quantitative estimate of drug-likeness (QED) is 0.807. The molecule has 80 valence electrons. The van der Waals surface area contributed by atoms with E-state index in [0.717, 1.165) is 11.8 Å². The van der Waals surface area contributed by atoms with Crippen LogP contribution < -0.4 is 10.6 Å². The fraction of sp³-hybridized carbons (Fsp3) is 0.200. The molecule has 0 spiro atoms. The van der Waals surface area contributed by atoms with Crippen LogP contribution in [0, 0.1) is 0 Å². The summed E-state index contributed by atoms with van der Waals surface area (Å²) in [6.45, 7) is 0. The van der Waals surface area contributed by atoms with Crippen molar-refractivity contribution in [2.75, 3.05) is 18.6 Å². The van der Waals surface area contributed by atoms with Crippen LogP contribution in [0.15, 0.2) is 24.3 Å². The number of hydrogen-bond acceptors (Lipinski definition) is 3. The summed E-state index contributed by atoms with van der Waals surface area (Å²) in [7, 11) is 1.58. The van der Waals surface area contributed by atoms with Gasteiger partial charge in [-0.2, -0.15) is 0 Å². The molecule has 0 saturated carbocycles. The first-order valence-electron chi connectivity index (χ1n) is 4.34. The third-order valence-electron chi connectivity index (χ3n) is 1.81. The fourth-order valence-electron chi connectivity index (χ4n) is 1.02. The van der Waals surface area contributed by atoms with E-state index < -0.39 is 0 Å². The summed E-state index contributed by atoms with van der Waals surface area (Å²) in [5, 5.41) is 5.07. The molecular weight excluding hydrogens is 212 g/mol. The molecule has 0 aliphatic rings. The van der Waals surface area contributed by atoms with Gasteiger partial charge in [-0.1, -0.05) is 11.8 Å². The van der Waals surface area contributed by atoms with Crippen LogP contribution in [0.3, 0.4) is 0 Å². The van der Waals surface area contributed by atoms with E-state index in [2.05, 4.69) is 10.6 Å². The predicted octanol–water partition coefficient (Wildman–Crippen LogP) is 1.94. The van der Waals surface area contributed by atoms with Crippen molar-refractivity contribution >= 4 is 28.6 Å². The van der Waals surface area contributed by atoms with Crippen molar-refractivity contribution in [2.24, 2.45) is 0 Å². The summed E-state index contributed by atoms with van der Waals surface area (Å²) in [6.07, 6.45) is 1.70. The summed E-state index contributed by atoms with van der Waals surface area (Å²) >= 11 is 1.11. The van der Waals surface area contributed by atoms with Gasteiger partial charge < -0.3 is 10.6 Å². The molecule has 2 N–H and O–H groups in total. The highest BCUT2D eigenvalue weighted by atomic mass is 32.2. The van der Waals surface area contributed by atoms with Crippen LogP contribution in [0.4, 0.5) is 10.5 Å². The van der Waals surface area contributed by atoms with Crippen molar-refractivity contribution in [3.8, 4) is 0 Å². The Balaban J connectivity index is 2.72.